The van der Waals surface area contributed by atoms with Crippen molar-refractivity contribution < 1.29 is 0 Å². The highest BCUT2D eigenvalue weighted by Crippen LogP contribution is 2.18. The van der Waals surface area contributed by atoms with Gasteiger partial charge in [0, 0.05) is 6.54 Å². The predicted molar refractivity (Wildman–Crippen MR) is 62.7 cm³/mol. The van der Waals surface area contributed by atoms with Crippen LogP contribution in [0.3, 0.4) is 0 Å². The zero-order chi connectivity index (χ0) is 10.4. The number of benzene rings is 1. The molecule has 0 aromatic heterocycles. The molecule has 0 aliphatic carbocycles. The number of hydrogen-bond donors (Lipinski definition) is 1. The average molecular weight is 212 g/mol. The van der Waals surface area contributed by atoms with Gasteiger partial charge in [-0.3, -0.25) is 0 Å². The Morgan fingerprint density at radius 3 is 2.36 bits per heavy atom. The van der Waals surface area contributed by atoms with E-state index in [1.165, 1.54) is 5.56 Å². The quantitative estimate of drug-likeness (QED) is 0.738. The van der Waals surface area contributed by atoms with Crippen molar-refractivity contribution in [3.63, 3.8) is 0 Å². The fourth-order valence-electron chi connectivity index (χ4n) is 1.28. The van der Waals surface area contributed by atoms with E-state index in [4.69, 9.17) is 11.6 Å². The predicted octanol–water partition coefficient (Wildman–Crippen LogP) is 3.21. The Hall–Kier alpha value is -0.530. The molecule has 1 atom stereocenters. The fourth-order valence-corrected chi connectivity index (χ4v) is 1.53. The van der Waals surface area contributed by atoms with E-state index in [2.05, 4.69) is 31.3 Å². The highest BCUT2D eigenvalue weighted by Gasteiger charge is 2.06. The van der Waals surface area contributed by atoms with Gasteiger partial charge in [0.2, 0.25) is 0 Å². The summed E-state index contributed by atoms with van der Waals surface area (Å²) in [5, 5.41) is 3.43. The van der Waals surface area contributed by atoms with Crippen LogP contribution >= 0.6 is 11.6 Å². The zero-order valence-corrected chi connectivity index (χ0v) is 9.59. The van der Waals surface area contributed by atoms with Crippen LogP contribution in [0.4, 0.5) is 0 Å². The van der Waals surface area contributed by atoms with Crippen molar-refractivity contribution in [2.24, 2.45) is 5.92 Å². The van der Waals surface area contributed by atoms with Crippen molar-refractivity contribution in [2.75, 3.05) is 13.1 Å². The van der Waals surface area contributed by atoms with Crippen molar-refractivity contribution in [2.45, 2.75) is 19.2 Å². The Morgan fingerprint density at radius 2 is 1.79 bits per heavy atom. The minimum absolute atomic E-state index is 0.0787. The molecule has 0 heterocycles. The Bertz CT molecular complexity index is 246. The minimum atomic E-state index is 0.0787. The molecule has 14 heavy (non-hydrogen) atoms. The lowest BCUT2D eigenvalue weighted by molar-refractivity contribution is 0.550. The van der Waals surface area contributed by atoms with Crippen LogP contribution in [0.25, 0.3) is 0 Å². The Kier molecular flexibility index (Phi) is 4.99. The van der Waals surface area contributed by atoms with Gasteiger partial charge in [-0.15, -0.1) is 11.6 Å². The third-order valence-corrected chi connectivity index (χ3v) is 2.44. The van der Waals surface area contributed by atoms with Gasteiger partial charge in [0.15, 0.2) is 0 Å². The number of halogens is 1. The zero-order valence-electron chi connectivity index (χ0n) is 8.83. The summed E-state index contributed by atoms with van der Waals surface area (Å²) in [6.07, 6.45) is 0. The summed E-state index contributed by atoms with van der Waals surface area (Å²) in [4.78, 5) is 0. The monoisotopic (exact) mass is 211 g/mol. The molecule has 0 aliphatic heterocycles. The van der Waals surface area contributed by atoms with Gasteiger partial charge < -0.3 is 5.32 Å². The van der Waals surface area contributed by atoms with Crippen LogP contribution in [0, 0.1) is 5.92 Å². The molecule has 0 bridgehead atoms. The summed E-state index contributed by atoms with van der Waals surface area (Å²) in [6, 6.07) is 10.2. The van der Waals surface area contributed by atoms with Gasteiger partial charge in [0.1, 0.15) is 0 Å². The van der Waals surface area contributed by atoms with Crippen molar-refractivity contribution in [1.29, 1.82) is 0 Å². The molecular formula is C12H18ClN. The molecule has 1 nitrogen and oxygen atoms in total. The fraction of sp³-hybridized carbons (Fsp3) is 0.500. The Labute approximate surface area is 91.5 Å². The van der Waals surface area contributed by atoms with Gasteiger partial charge in [-0.2, -0.15) is 0 Å². The van der Waals surface area contributed by atoms with E-state index < -0.39 is 0 Å². The molecule has 0 fully saturated rings. The van der Waals surface area contributed by atoms with Gasteiger partial charge in [0.25, 0.3) is 0 Å². The lowest BCUT2D eigenvalue weighted by Crippen LogP contribution is -2.23. The summed E-state index contributed by atoms with van der Waals surface area (Å²) >= 11 is 6.23. The molecule has 0 saturated carbocycles. The first-order valence-corrected chi connectivity index (χ1v) is 5.53. The molecule has 0 spiro atoms. The van der Waals surface area contributed by atoms with E-state index in [0.717, 1.165) is 13.1 Å². The van der Waals surface area contributed by atoms with Gasteiger partial charge in [0.05, 0.1) is 5.38 Å². The lowest BCUT2D eigenvalue weighted by Gasteiger charge is -2.12. The van der Waals surface area contributed by atoms with Crippen molar-refractivity contribution in [1.82, 2.24) is 5.32 Å². The maximum atomic E-state index is 6.23. The highest BCUT2D eigenvalue weighted by molar-refractivity contribution is 6.21. The molecule has 2 heteroatoms. The van der Waals surface area contributed by atoms with E-state index >= 15 is 0 Å². The highest BCUT2D eigenvalue weighted by atomic mass is 35.5. The van der Waals surface area contributed by atoms with Crippen LogP contribution in [0.2, 0.25) is 0 Å². The van der Waals surface area contributed by atoms with Crippen molar-refractivity contribution in [3.05, 3.63) is 35.9 Å². The van der Waals surface area contributed by atoms with Gasteiger partial charge in [-0.25, -0.2) is 0 Å². The summed E-state index contributed by atoms with van der Waals surface area (Å²) in [7, 11) is 0. The van der Waals surface area contributed by atoms with Gasteiger partial charge in [-0.1, -0.05) is 44.2 Å². The first kappa shape index (κ1) is 11.5. The maximum absolute atomic E-state index is 6.23. The maximum Gasteiger partial charge on any atom is 0.0709 e. The van der Waals surface area contributed by atoms with Crippen LogP contribution in [0.5, 0.6) is 0 Å². The summed E-state index contributed by atoms with van der Waals surface area (Å²) < 4.78 is 0. The summed E-state index contributed by atoms with van der Waals surface area (Å²) in [5.41, 5.74) is 1.19. The SMILES string of the molecule is CC(C)CNCC(Cl)c1ccccc1. The molecule has 1 N–H and O–H groups in total. The molecule has 0 saturated heterocycles. The van der Waals surface area contributed by atoms with E-state index in [1.54, 1.807) is 0 Å². The van der Waals surface area contributed by atoms with Gasteiger partial charge in [-0.05, 0) is 18.0 Å². The van der Waals surface area contributed by atoms with E-state index in [0.29, 0.717) is 5.92 Å². The number of nitrogens with one attached hydrogen (secondary N) is 1. The number of rotatable bonds is 5. The average Bonchev–Trinajstić information content (AvgIpc) is 2.18. The van der Waals surface area contributed by atoms with Crippen LogP contribution < -0.4 is 5.32 Å². The third kappa shape index (κ3) is 4.12. The first-order chi connectivity index (χ1) is 6.70. The molecule has 1 aromatic rings. The molecule has 0 amide bonds. The first-order valence-electron chi connectivity index (χ1n) is 5.10. The van der Waals surface area contributed by atoms with Crippen LogP contribution in [-0.4, -0.2) is 13.1 Å². The molecule has 0 radical (unpaired) electrons. The lowest BCUT2D eigenvalue weighted by atomic mass is 10.1. The van der Waals surface area contributed by atoms with Crippen LogP contribution in [-0.2, 0) is 0 Å². The minimum Gasteiger partial charge on any atom is -0.315 e. The third-order valence-electron chi connectivity index (χ3n) is 2.04. The molecular weight excluding hydrogens is 194 g/mol. The second-order valence-electron chi connectivity index (χ2n) is 3.93. The summed E-state index contributed by atoms with van der Waals surface area (Å²) in [5.74, 6) is 0.676. The molecule has 1 unspecified atom stereocenters. The molecule has 1 aromatic carbocycles. The van der Waals surface area contributed by atoms with Crippen LogP contribution in [0.15, 0.2) is 30.3 Å². The second kappa shape index (κ2) is 6.05. The van der Waals surface area contributed by atoms with E-state index in [9.17, 15) is 0 Å². The van der Waals surface area contributed by atoms with E-state index in [-0.39, 0.29) is 5.38 Å². The molecule has 0 aliphatic rings. The number of hydrogen-bond acceptors (Lipinski definition) is 1. The normalized spacial score (nSPS) is 13.1. The second-order valence-corrected chi connectivity index (χ2v) is 4.46. The van der Waals surface area contributed by atoms with Crippen molar-refractivity contribution in [3.8, 4) is 0 Å². The Morgan fingerprint density at radius 1 is 1.14 bits per heavy atom. The summed E-state index contributed by atoms with van der Waals surface area (Å²) in [6.45, 7) is 6.25. The largest absolute Gasteiger partial charge is 0.315 e. The van der Waals surface area contributed by atoms with Crippen molar-refractivity contribution >= 4 is 11.6 Å². The smallest absolute Gasteiger partial charge is 0.0709 e. The van der Waals surface area contributed by atoms with Gasteiger partial charge >= 0.3 is 0 Å². The van der Waals surface area contributed by atoms with Crippen LogP contribution in [0.1, 0.15) is 24.8 Å². The standard InChI is InChI=1S/C12H18ClN/c1-10(2)8-14-9-12(13)11-6-4-3-5-7-11/h3-7,10,12,14H,8-9H2,1-2H3. The molecule has 78 valence electrons. The molecule has 1 rings (SSSR count). The topological polar surface area (TPSA) is 12.0 Å². The van der Waals surface area contributed by atoms with E-state index in [1.807, 2.05) is 18.2 Å². The Balaban J connectivity index is 2.32. The number of alkyl halides is 1.